The molecule has 0 saturated heterocycles. The van der Waals surface area contributed by atoms with Gasteiger partial charge in [0.2, 0.25) is 5.91 Å². The minimum atomic E-state index is -2.11. The van der Waals surface area contributed by atoms with E-state index in [1.165, 1.54) is 6.20 Å². The van der Waals surface area contributed by atoms with Crippen molar-refractivity contribution in [3.05, 3.63) is 18.3 Å². The number of rotatable bonds is 6. The maximum Gasteiger partial charge on any atom is 0.435 e. The number of hydrogen-bond donors (Lipinski definition) is 2. The SMILES string of the molecule is [2H]CN[C@H](C(=O)Nc1ccc2c(cnn2C(=O)OC(C)(C)C)n1)[C@@H](C)O[Si](C)(C)C(C)(C)C. The van der Waals surface area contributed by atoms with E-state index in [-0.39, 0.29) is 18.0 Å². The third-order valence-electron chi connectivity index (χ3n) is 5.50. The third kappa shape index (κ3) is 6.14. The lowest BCUT2D eigenvalue weighted by Gasteiger charge is -2.40. The van der Waals surface area contributed by atoms with Crippen molar-refractivity contribution in [1.29, 1.82) is 0 Å². The second-order valence-corrected chi connectivity index (χ2v) is 15.1. The fourth-order valence-corrected chi connectivity index (χ4v) is 4.24. The van der Waals surface area contributed by atoms with Crippen molar-refractivity contribution < 1.29 is 20.1 Å². The quantitative estimate of drug-likeness (QED) is 0.618. The van der Waals surface area contributed by atoms with Crippen LogP contribution in [0.4, 0.5) is 10.6 Å². The van der Waals surface area contributed by atoms with Crippen molar-refractivity contribution in [2.75, 3.05) is 12.3 Å². The average Bonchev–Trinajstić information content (AvgIpc) is 3.06. The molecule has 178 valence electrons. The van der Waals surface area contributed by atoms with Gasteiger partial charge >= 0.3 is 6.09 Å². The van der Waals surface area contributed by atoms with Gasteiger partial charge in [-0.15, -0.1) is 0 Å². The van der Waals surface area contributed by atoms with Crippen molar-refractivity contribution in [3.8, 4) is 0 Å². The van der Waals surface area contributed by atoms with Crippen LogP contribution in [0.25, 0.3) is 11.0 Å². The number of amides is 1. The van der Waals surface area contributed by atoms with Gasteiger partial charge in [0.05, 0.1) is 17.8 Å². The number of nitrogens with one attached hydrogen (secondary N) is 2. The van der Waals surface area contributed by atoms with E-state index >= 15 is 0 Å². The molecule has 0 spiro atoms. The van der Waals surface area contributed by atoms with E-state index in [1.54, 1.807) is 32.9 Å². The molecule has 2 aromatic heterocycles. The number of fused-ring (bicyclic) bond motifs is 1. The van der Waals surface area contributed by atoms with Crippen LogP contribution in [0.15, 0.2) is 18.3 Å². The molecule has 9 nitrogen and oxygen atoms in total. The topological polar surface area (TPSA) is 107 Å². The number of ether oxygens (including phenoxy) is 1. The number of aromatic nitrogens is 3. The summed E-state index contributed by atoms with van der Waals surface area (Å²) >= 11 is 0. The van der Waals surface area contributed by atoms with Crippen LogP contribution in [-0.4, -0.2) is 59.9 Å². The number of likely N-dealkylation sites (N-methyl/N-ethyl adjacent to an activating group) is 1. The first-order chi connectivity index (χ1) is 15.1. The lowest BCUT2D eigenvalue weighted by molar-refractivity contribution is -0.120. The highest BCUT2D eigenvalue weighted by atomic mass is 28.4. The molecule has 2 rings (SSSR count). The monoisotopic (exact) mass is 464 g/mol. The second-order valence-electron chi connectivity index (χ2n) is 10.4. The molecule has 2 N–H and O–H groups in total. The Hall–Kier alpha value is -2.30. The molecular formula is C22H37N5O4Si. The van der Waals surface area contributed by atoms with Crippen molar-refractivity contribution in [2.24, 2.45) is 0 Å². The van der Waals surface area contributed by atoms with Crippen LogP contribution < -0.4 is 10.6 Å². The molecule has 0 aromatic carbocycles. The van der Waals surface area contributed by atoms with Crippen molar-refractivity contribution in [1.82, 2.24) is 20.1 Å². The summed E-state index contributed by atoms with van der Waals surface area (Å²) in [5.74, 6) is -0.0348. The first kappa shape index (κ1) is 24.3. The maximum atomic E-state index is 13.0. The second kappa shape index (κ2) is 9.28. The van der Waals surface area contributed by atoms with Gasteiger partial charge in [-0.3, -0.25) is 4.79 Å². The lowest BCUT2D eigenvalue weighted by atomic mass is 10.1. The zero-order chi connectivity index (χ0) is 25.2. The average molecular weight is 465 g/mol. The summed E-state index contributed by atoms with van der Waals surface area (Å²) in [7, 11) is -2.24. The van der Waals surface area contributed by atoms with Gasteiger partial charge < -0.3 is 19.8 Å². The summed E-state index contributed by atoms with van der Waals surface area (Å²) in [6.45, 7) is 17.8. The van der Waals surface area contributed by atoms with E-state index in [0.29, 0.717) is 16.9 Å². The number of carbonyl (C=O) groups is 2. The van der Waals surface area contributed by atoms with Crippen LogP contribution >= 0.6 is 0 Å². The first-order valence-electron chi connectivity index (χ1n) is 11.4. The Labute approximate surface area is 192 Å². The molecule has 0 fully saturated rings. The molecular weight excluding hydrogens is 426 g/mol. The van der Waals surface area contributed by atoms with Crippen LogP contribution in [0, 0.1) is 0 Å². The Kier molecular flexibility index (Phi) is 7.06. The number of hydrogen-bond acceptors (Lipinski definition) is 7. The van der Waals surface area contributed by atoms with Gasteiger partial charge in [-0.05, 0) is 65.0 Å². The molecule has 0 saturated carbocycles. The van der Waals surface area contributed by atoms with Gasteiger partial charge in [-0.1, -0.05) is 20.8 Å². The Morgan fingerprint density at radius 3 is 2.41 bits per heavy atom. The van der Waals surface area contributed by atoms with Crippen molar-refractivity contribution in [2.45, 2.75) is 84.3 Å². The largest absolute Gasteiger partial charge is 0.442 e. The van der Waals surface area contributed by atoms with Gasteiger partial charge in [0, 0.05) is 1.37 Å². The Morgan fingerprint density at radius 1 is 1.19 bits per heavy atom. The lowest BCUT2D eigenvalue weighted by Crippen LogP contribution is -2.53. The van der Waals surface area contributed by atoms with Gasteiger partial charge in [0.15, 0.2) is 8.32 Å². The van der Waals surface area contributed by atoms with Gasteiger partial charge in [-0.2, -0.15) is 9.78 Å². The van der Waals surface area contributed by atoms with Crippen LogP contribution in [0.2, 0.25) is 18.1 Å². The number of carbonyl (C=O) groups excluding carboxylic acids is 2. The van der Waals surface area contributed by atoms with Crippen molar-refractivity contribution >= 4 is 37.2 Å². The van der Waals surface area contributed by atoms with E-state index < -0.39 is 32.2 Å². The summed E-state index contributed by atoms with van der Waals surface area (Å²) < 4.78 is 20.4. The molecule has 0 aliphatic heterocycles. The Balaban J connectivity index is 2.19. The standard InChI is InChI=1S/C22H37N5O4Si/c1-14(31-32(9,10)22(5,6)7)18(23-8)19(28)26-17-12-11-16-15(25-17)13-24-27(16)20(29)30-21(2,3)4/h11-14,18,23H,1-10H3,(H,25,26,28)/t14-,18+/m1/s1/i8D. The Bertz CT molecular complexity index is 997. The van der Waals surface area contributed by atoms with E-state index in [0.717, 1.165) is 4.68 Å². The van der Waals surface area contributed by atoms with Crippen LogP contribution in [-0.2, 0) is 14.0 Å². The molecule has 0 unspecified atom stereocenters. The molecule has 1 amide bonds. The van der Waals surface area contributed by atoms with Crippen molar-refractivity contribution in [3.63, 3.8) is 0 Å². The normalized spacial score (nSPS) is 15.2. The molecule has 0 radical (unpaired) electrons. The summed E-state index contributed by atoms with van der Waals surface area (Å²) in [4.78, 5) is 29.8. The molecule has 32 heavy (non-hydrogen) atoms. The highest BCUT2D eigenvalue weighted by molar-refractivity contribution is 6.74. The third-order valence-corrected chi connectivity index (χ3v) is 10.1. The molecule has 10 heteroatoms. The van der Waals surface area contributed by atoms with Gasteiger partial charge in [-0.25, -0.2) is 9.78 Å². The van der Waals surface area contributed by atoms with E-state index in [2.05, 4.69) is 54.6 Å². The fourth-order valence-electron chi connectivity index (χ4n) is 2.82. The molecule has 0 bridgehead atoms. The Morgan fingerprint density at radius 2 is 1.84 bits per heavy atom. The van der Waals surface area contributed by atoms with Gasteiger partial charge in [0.1, 0.15) is 23.0 Å². The van der Waals surface area contributed by atoms with Crippen LogP contribution in [0.1, 0.15) is 49.8 Å². The van der Waals surface area contributed by atoms with Crippen LogP contribution in [0.5, 0.6) is 0 Å². The van der Waals surface area contributed by atoms with E-state index in [4.69, 9.17) is 10.5 Å². The fraction of sp³-hybridized carbons (Fsp3) is 0.636. The summed E-state index contributed by atoms with van der Waals surface area (Å²) in [6.07, 6.45) is 0.403. The minimum absolute atomic E-state index is 0.00978. The highest BCUT2D eigenvalue weighted by Gasteiger charge is 2.40. The molecule has 0 aliphatic carbocycles. The summed E-state index contributed by atoms with van der Waals surface area (Å²) in [5, 5.41) is 9.75. The molecule has 0 aliphatic rings. The number of pyridine rings is 1. The summed E-state index contributed by atoms with van der Waals surface area (Å²) in [6, 6.07) is 2.52. The molecule has 2 aromatic rings. The first-order valence-corrected chi connectivity index (χ1v) is 13.6. The minimum Gasteiger partial charge on any atom is -0.442 e. The van der Waals surface area contributed by atoms with Gasteiger partial charge in [0.25, 0.3) is 0 Å². The number of nitrogens with zero attached hydrogens (tertiary/aromatic N) is 3. The molecule has 2 heterocycles. The summed E-state index contributed by atoms with van der Waals surface area (Å²) in [5.41, 5.74) is 0.256. The number of anilines is 1. The highest BCUT2D eigenvalue weighted by Crippen LogP contribution is 2.37. The smallest absolute Gasteiger partial charge is 0.435 e. The van der Waals surface area contributed by atoms with E-state index in [1.807, 2.05) is 6.92 Å². The van der Waals surface area contributed by atoms with E-state index in [9.17, 15) is 9.59 Å². The zero-order valence-electron chi connectivity index (χ0n) is 21.6. The zero-order valence-corrected chi connectivity index (χ0v) is 21.6. The molecule has 2 atom stereocenters. The maximum absolute atomic E-state index is 13.0. The predicted octanol–water partition coefficient (Wildman–Crippen LogP) is 4.15. The predicted molar refractivity (Wildman–Crippen MR) is 128 cm³/mol. The van der Waals surface area contributed by atoms with Crippen LogP contribution in [0.3, 0.4) is 0 Å².